The van der Waals surface area contributed by atoms with Gasteiger partial charge in [0.1, 0.15) is 11.6 Å². The molecule has 0 unspecified atom stereocenters. The van der Waals surface area contributed by atoms with E-state index in [0.717, 1.165) is 67.4 Å². The molecule has 1 saturated carbocycles. The highest BCUT2D eigenvalue weighted by Crippen LogP contribution is 2.42. The smallest absolute Gasteiger partial charge is 0.230 e. The lowest BCUT2D eigenvalue weighted by atomic mass is 9.92. The van der Waals surface area contributed by atoms with Gasteiger partial charge in [-0.1, -0.05) is 19.4 Å². The summed E-state index contributed by atoms with van der Waals surface area (Å²) in [5.74, 6) is 2.05. The van der Waals surface area contributed by atoms with Gasteiger partial charge in [-0.2, -0.15) is 4.98 Å². The Balaban J connectivity index is 1.44. The van der Waals surface area contributed by atoms with Crippen molar-refractivity contribution in [1.82, 2.24) is 20.3 Å². The van der Waals surface area contributed by atoms with Gasteiger partial charge in [-0.05, 0) is 44.4 Å². The van der Waals surface area contributed by atoms with Gasteiger partial charge < -0.3 is 20.4 Å². The molecule has 0 aromatic carbocycles. The van der Waals surface area contributed by atoms with E-state index < -0.39 is 0 Å². The summed E-state index contributed by atoms with van der Waals surface area (Å²) in [6.07, 6.45) is 8.22. The maximum absolute atomic E-state index is 12.4. The van der Waals surface area contributed by atoms with Crippen molar-refractivity contribution in [3.05, 3.63) is 47.9 Å². The van der Waals surface area contributed by atoms with E-state index in [2.05, 4.69) is 43.0 Å². The summed E-state index contributed by atoms with van der Waals surface area (Å²) in [7, 11) is 0. The molecule has 0 spiro atoms. The van der Waals surface area contributed by atoms with E-state index in [0.29, 0.717) is 23.4 Å². The predicted octanol–water partition coefficient (Wildman–Crippen LogP) is 3.66. The second kappa shape index (κ2) is 8.94. The van der Waals surface area contributed by atoms with E-state index in [-0.39, 0.29) is 5.78 Å². The molecule has 2 aromatic rings. The minimum atomic E-state index is 0.0297. The van der Waals surface area contributed by atoms with Crippen molar-refractivity contribution < 1.29 is 4.79 Å². The third-order valence-corrected chi connectivity index (χ3v) is 6.87. The van der Waals surface area contributed by atoms with Gasteiger partial charge in [0.05, 0.1) is 11.9 Å². The summed E-state index contributed by atoms with van der Waals surface area (Å²) in [5.41, 5.74) is 4.34. The molecule has 0 atom stereocenters. The highest BCUT2D eigenvalue weighted by Gasteiger charge is 2.35. The van der Waals surface area contributed by atoms with E-state index in [1.165, 1.54) is 12.8 Å². The number of nitrogens with one attached hydrogen (secondary N) is 2. The first-order valence-electron chi connectivity index (χ1n) is 11.8. The first-order chi connectivity index (χ1) is 16.0. The number of Topliss-reactive ketones (excluding diaryl/α,β-unsaturated/α-hetero) is 1. The molecule has 3 aliphatic rings. The molecule has 1 saturated heterocycles. The molecule has 2 N–H and O–H groups in total. The van der Waals surface area contributed by atoms with Crippen molar-refractivity contribution in [2.24, 2.45) is 0 Å². The molecule has 33 heavy (non-hydrogen) atoms. The van der Waals surface area contributed by atoms with Crippen molar-refractivity contribution >= 4 is 34.6 Å². The average molecular weight is 446 g/mol. The van der Waals surface area contributed by atoms with Gasteiger partial charge in [0.25, 0.3) is 0 Å². The maximum atomic E-state index is 12.4. The second-order valence-corrected chi connectivity index (χ2v) is 9.01. The van der Waals surface area contributed by atoms with Gasteiger partial charge in [0.2, 0.25) is 5.95 Å². The zero-order valence-corrected chi connectivity index (χ0v) is 19.4. The molecule has 4 heterocycles. The van der Waals surface area contributed by atoms with Crippen LogP contribution in [-0.2, 0) is 4.79 Å². The first-order valence-corrected chi connectivity index (χ1v) is 11.8. The van der Waals surface area contributed by atoms with Crippen molar-refractivity contribution in [2.75, 3.05) is 41.3 Å². The number of pyridine rings is 1. The summed E-state index contributed by atoms with van der Waals surface area (Å²) in [6.45, 7) is 11.8. The third-order valence-electron chi connectivity index (χ3n) is 6.87. The number of nitrogens with zero attached hydrogens (tertiary/aromatic N) is 5. The van der Waals surface area contributed by atoms with E-state index >= 15 is 0 Å². The maximum Gasteiger partial charge on any atom is 0.230 e. The van der Waals surface area contributed by atoms with Crippen molar-refractivity contribution in [3.8, 4) is 0 Å². The van der Waals surface area contributed by atoms with Crippen molar-refractivity contribution in [2.45, 2.75) is 45.6 Å². The van der Waals surface area contributed by atoms with Gasteiger partial charge in [-0.15, -0.1) is 0 Å². The van der Waals surface area contributed by atoms with Crippen LogP contribution in [0.4, 0.5) is 23.3 Å². The van der Waals surface area contributed by atoms with Crippen LogP contribution < -0.4 is 20.4 Å². The number of rotatable bonds is 5. The minimum absolute atomic E-state index is 0.0297. The molecule has 2 aromatic heterocycles. The van der Waals surface area contributed by atoms with Gasteiger partial charge in [0.15, 0.2) is 5.78 Å². The Kier molecular flexibility index (Phi) is 5.85. The molecule has 0 bridgehead atoms. The predicted molar refractivity (Wildman–Crippen MR) is 132 cm³/mol. The zero-order chi connectivity index (χ0) is 22.9. The monoisotopic (exact) mass is 445 g/mol. The van der Waals surface area contributed by atoms with Crippen molar-refractivity contribution in [1.29, 1.82) is 0 Å². The van der Waals surface area contributed by atoms with Crippen LogP contribution in [-0.4, -0.2) is 53.0 Å². The number of piperazine rings is 1. The molecule has 0 amide bonds. The van der Waals surface area contributed by atoms with Crippen LogP contribution in [0.3, 0.4) is 0 Å². The fourth-order valence-corrected chi connectivity index (χ4v) is 5.19. The Bertz CT molecular complexity index is 1100. The summed E-state index contributed by atoms with van der Waals surface area (Å²) in [5, 5.41) is 6.62. The number of hydrogen-bond donors (Lipinski definition) is 2. The fraction of sp³-hybridized carbons (Fsp3) is 0.440. The number of hydrogen-bond acceptors (Lipinski definition) is 8. The molecular weight excluding hydrogens is 414 g/mol. The Hall–Kier alpha value is -3.26. The number of allylic oxidation sites excluding steroid dienone is 2. The van der Waals surface area contributed by atoms with E-state index in [1.54, 1.807) is 6.92 Å². The van der Waals surface area contributed by atoms with Gasteiger partial charge in [-0.25, -0.2) is 9.97 Å². The van der Waals surface area contributed by atoms with E-state index in [4.69, 9.17) is 4.98 Å². The Morgan fingerprint density at radius 2 is 1.91 bits per heavy atom. The molecule has 172 valence electrons. The van der Waals surface area contributed by atoms with Gasteiger partial charge in [-0.3, -0.25) is 4.79 Å². The Labute approximate surface area is 194 Å². The normalized spacial score (nSPS) is 19.2. The van der Waals surface area contributed by atoms with Gasteiger partial charge in [0, 0.05) is 55.3 Å². The Morgan fingerprint density at radius 1 is 1.15 bits per heavy atom. The van der Waals surface area contributed by atoms with Crippen LogP contribution in [0.5, 0.6) is 0 Å². The Morgan fingerprint density at radius 3 is 2.58 bits per heavy atom. The molecular formula is C25H31N7O. The lowest BCUT2D eigenvalue weighted by molar-refractivity contribution is -0.113. The SMILES string of the molecule is C=C1C(C(C)=O)=C(C)c2cnc(Nc3ccc(N4CCNCC4)cn3)nc2N1C1CCCC1. The summed E-state index contributed by atoms with van der Waals surface area (Å²) in [6, 6.07) is 4.35. The fourth-order valence-electron chi connectivity index (χ4n) is 5.19. The van der Waals surface area contributed by atoms with Crippen LogP contribution in [0, 0.1) is 0 Å². The van der Waals surface area contributed by atoms with Crippen LogP contribution >= 0.6 is 0 Å². The number of fused-ring (bicyclic) bond motifs is 1. The lowest BCUT2D eigenvalue weighted by Gasteiger charge is -2.37. The molecule has 0 radical (unpaired) electrons. The molecule has 1 aliphatic carbocycles. The summed E-state index contributed by atoms with van der Waals surface area (Å²) in [4.78, 5) is 30.9. The zero-order valence-electron chi connectivity index (χ0n) is 19.4. The molecule has 8 nitrogen and oxygen atoms in total. The number of ketones is 1. The van der Waals surface area contributed by atoms with Crippen LogP contribution in [0.15, 0.2) is 42.4 Å². The van der Waals surface area contributed by atoms with E-state index in [1.807, 2.05) is 25.4 Å². The average Bonchev–Trinajstić information content (AvgIpc) is 3.34. The quantitative estimate of drug-likeness (QED) is 0.721. The minimum Gasteiger partial charge on any atom is -0.368 e. The third kappa shape index (κ3) is 4.11. The molecule has 8 heteroatoms. The lowest BCUT2D eigenvalue weighted by Crippen LogP contribution is -2.43. The van der Waals surface area contributed by atoms with E-state index in [9.17, 15) is 4.79 Å². The standard InChI is InChI=1S/C25H31N7O/c1-16-21-15-28-25(29-22-9-8-20(14-27-22)31-12-10-26-11-13-31)30-24(21)32(19-6-4-5-7-19)17(2)23(16)18(3)33/h8-9,14-15,19,26H,2,4-7,10-13H2,1,3H3,(H,27,28,29,30). The topological polar surface area (TPSA) is 86.3 Å². The van der Waals surface area contributed by atoms with Crippen molar-refractivity contribution in [3.63, 3.8) is 0 Å². The number of aromatic nitrogens is 3. The molecule has 2 fully saturated rings. The second-order valence-electron chi connectivity index (χ2n) is 9.01. The first kappa shape index (κ1) is 21.6. The summed E-state index contributed by atoms with van der Waals surface area (Å²) >= 11 is 0. The van der Waals surface area contributed by atoms with Gasteiger partial charge >= 0.3 is 0 Å². The van der Waals surface area contributed by atoms with Crippen LogP contribution in [0.25, 0.3) is 5.57 Å². The highest BCUT2D eigenvalue weighted by atomic mass is 16.1. The van der Waals surface area contributed by atoms with Crippen LogP contribution in [0.2, 0.25) is 0 Å². The highest BCUT2D eigenvalue weighted by molar-refractivity contribution is 6.08. The summed E-state index contributed by atoms with van der Waals surface area (Å²) < 4.78 is 0. The number of carbonyl (C=O) groups excluding carboxylic acids is 1. The largest absolute Gasteiger partial charge is 0.368 e. The van der Waals surface area contributed by atoms with Crippen LogP contribution in [0.1, 0.15) is 45.1 Å². The molecule has 5 rings (SSSR count). The number of anilines is 4. The molecule has 2 aliphatic heterocycles. The number of carbonyl (C=O) groups is 1.